The SMILES string of the molecule is COc1cc2c(cc1OC)C1(CC2(C)C)CC(C)(C)C2CC3OC4CC5C(=O)N(c6c(C)cc(-c7cc(C)c(N8C(=O)c9cc(C)c(C)cc9C8=O)c8ccccc78)c7ccccc67)C(=O)C5CC4OC3CC21. The number of carbonyl (C=O) groups excluding carboxylic acids is 4. The molecule has 9 atom stereocenters. The van der Waals surface area contributed by atoms with Gasteiger partial charge in [0.2, 0.25) is 11.8 Å². The van der Waals surface area contributed by atoms with Gasteiger partial charge in [0, 0.05) is 16.2 Å². The average Bonchev–Trinajstić information content (AvgIpc) is 3.94. The van der Waals surface area contributed by atoms with Gasteiger partial charge in [0.1, 0.15) is 0 Å². The second-order valence-electron chi connectivity index (χ2n) is 24.1. The highest BCUT2D eigenvalue weighted by Crippen LogP contribution is 2.70. The molecule has 6 aromatic carbocycles. The van der Waals surface area contributed by atoms with Gasteiger partial charge in [-0.3, -0.25) is 19.2 Å². The molecule has 5 fully saturated rings. The molecule has 10 heteroatoms. The van der Waals surface area contributed by atoms with Gasteiger partial charge in [-0.1, -0.05) is 76.2 Å². The Kier molecular flexibility index (Phi) is 10.1. The van der Waals surface area contributed by atoms with Crippen LogP contribution in [0.2, 0.25) is 0 Å². The third-order valence-electron chi connectivity index (χ3n) is 19.2. The van der Waals surface area contributed by atoms with Crippen LogP contribution in [0.25, 0.3) is 32.7 Å². The molecule has 0 radical (unpaired) electrons. The van der Waals surface area contributed by atoms with Crippen molar-refractivity contribution in [2.45, 2.75) is 129 Å². The number of benzene rings is 6. The lowest BCUT2D eigenvalue weighted by Gasteiger charge is -2.52. The van der Waals surface area contributed by atoms with Gasteiger partial charge in [-0.2, -0.15) is 0 Å². The summed E-state index contributed by atoms with van der Waals surface area (Å²) < 4.78 is 26.1. The molecule has 10 nitrogen and oxygen atoms in total. The van der Waals surface area contributed by atoms with Crippen LogP contribution in [0.4, 0.5) is 11.4 Å². The van der Waals surface area contributed by atoms with E-state index in [0.717, 1.165) is 92.1 Å². The van der Waals surface area contributed by atoms with E-state index in [1.54, 1.807) is 14.2 Å². The van der Waals surface area contributed by atoms with Gasteiger partial charge in [0.05, 0.1) is 73.0 Å². The first-order chi connectivity index (χ1) is 34.8. The van der Waals surface area contributed by atoms with Crippen LogP contribution in [0.15, 0.2) is 84.9 Å². The normalized spacial score (nSPS) is 29.4. The van der Waals surface area contributed by atoms with Crippen molar-refractivity contribution >= 4 is 56.5 Å². The standard InChI is InChI=1S/C63H64N2O8/c1-31-19-41-42(20-32(31)2)58(67)64(57(41)66)55-33(3)21-39(35-15-11-13-17-37(35)55)40-22-34(4)56(38-18-14-12-16-36(38)40)65-59(68)43-23-51-52(24-44(43)60(65)69)73-54-28-48-46(26-53(54)72-51)62(7,8)30-63(48)29-61(5,6)45-25-49(70-9)50(71-10)27-47(45)63/h11-22,25,27,43-44,46,48,51-54H,23-24,26,28-30H2,1-10H3. The number of carbonyl (C=O) groups is 4. The van der Waals surface area contributed by atoms with E-state index < -0.39 is 11.8 Å². The Bertz CT molecular complexity index is 3420. The van der Waals surface area contributed by atoms with Crippen molar-refractivity contribution in [2.24, 2.45) is 29.1 Å². The Morgan fingerprint density at radius 2 is 0.918 bits per heavy atom. The van der Waals surface area contributed by atoms with Gasteiger partial charge in [0.15, 0.2) is 11.5 Å². The Morgan fingerprint density at radius 3 is 1.41 bits per heavy atom. The molecule has 9 unspecified atom stereocenters. The molecule has 3 aliphatic heterocycles. The van der Waals surface area contributed by atoms with Crippen LogP contribution in [0.5, 0.6) is 11.5 Å². The van der Waals surface area contributed by atoms with E-state index in [1.807, 2.05) is 82.3 Å². The summed E-state index contributed by atoms with van der Waals surface area (Å²) in [5.41, 5.74) is 10.1. The number of hydrogen-bond acceptors (Lipinski definition) is 8. The smallest absolute Gasteiger partial charge is 0.266 e. The van der Waals surface area contributed by atoms with Crippen molar-refractivity contribution in [2.75, 3.05) is 24.0 Å². The number of imide groups is 2. The summed E-state index contributed by atoms with van der Waals surface area (Å²) in [4.78, 5) is 61.0. The zero-order valence-electron chi connectivity index (χ0n) is 43.6. The van der Waals surface area contributed by atoms with E-state index in [1.165, 1.54) is 20.9 Å². The Balaban J connectivity index is 0.812. The van der Waals surface area contributed by atoms with Gasteiger partial charge in [-0.05, 0) is 181 Å². The fraction of sp³-hybridized carbons (Fsp3) is 0.429. The summed E-state index contributed by atoms with van der Waals surface area (Å²) in [7, 11) is 3.43. The lowest BCUT2D eigenvalue weighted by atomic mass is 9.63. The Labute approximate surface area is 427 Å². The predicted molar refractivity (Wildman–Crippen MR) is 283 cm³/mol. The van der Waals surface area contributed by atoms with Gasteiger partial charge in [-0.15, -0.1) is 0 Å². The third kappa shape index (κ3) is 6.41. The summed E-state index contributed by atoms with van der Waals surface area (Å²) >= 11 is 0. The molecule has 0 aromatic heterocycles. The van der Waals surface area contributed by atoms with Crippen LogP contribution >= 0.6 is 0 Å². The molecule has 0 N–H and O–H groups in total. The maximum atomic E-state index is 15.0. The summed E-state index contributed by atoms with van der Waals surface area (Å²) in [6.07, 6.45) is 4.06. The highest BCUT2D eigenvalue weighted by atomic mass is 16.6. The van der Waals surface area contributed by atoms with E-state index >= 15 is 4.79 Å². The molecule has 7 aliphatic rings. The van der Waals surface area contributed by atoms with Crippen molar-refractivity contribution in [3.8, 4) is 22.6 Å². The molecule has 2 saturated heterocycles. The number of amides is 4. The molecule has 13 rings (SSSR count). The molecular formula is C63H64N2O8. The van der Waals surface area contributed by atoms with Crippen LogP contribution in [0.3, 0.4) is 0 Å². The number of anilines is 2. The second-order valence-corrected chi connectivity index (χ2v) is 24.1. The predicted octanol–water partition coefficient (Wildman–Crippen LogP) is 12.2. The first-order valence-electron chi connectivity index (χ1n) is 26.4. The molecular weight excluding hydrogens is 913 g/mol. The zero-order chi connectivity index (χ0) is 50.9. The largest absolute Gasteiger partial charge is 0.493 e. The van der Waals surface area contributed by atoms with Crippen molar-refractivity contribution < 1.29 is 38.1 Å². The fourth-order valence-corrected chi connectivity index (χ4v) is 16.1. The van der Waals surface area contributed by atoms with Crippen LogP contribution in [-0.4, -0.2) is 62.3 Å². The van der Waals surface area contributed by atoms with Gasteiger partial charge in [0.25, 0.3) is 11.8 Å². The molecule has 3 heterocycles. The van der Waals surface area contributed by atoms with Crippen molar-refractivity contribution in [3.05, 3.63) is 129 Å². The maximum Gasteiger partial charge on any atom is 0.266 e. The maximum absolute atomic E-state index is 15.0. The van der Waals surface area contributed by atoms with E-state index in [4.69, 9.17) is 18.9 Å². The highest BCUT2D eigenvalue weighted by Gasteiger charge is 2.66. The quantitative estimate of drug-likeness (QED) is 0.157. The molecule has 3 saturated carbocycles. The zero-order valence-corrected chi connectivity index (χ0v) is 43.6. The number of nitrogens with zero attached hydrogens (tertiary/aromatic N) is 2. The van der Waals surface area contributed by atoms with Gasteiger partial charge < -0.3 is 18.9 Å². The van der Waals surface area contributed by atoms with Crippen molar-refractivity contribution in [1.29, 1.82) is 0 Å². The van der Waals surface area contributed by atoms with Crippen LogP contribution in [-0.2, 0) is 29.9 Å². The third-order valence-corrected chi connectivity index (χ3v) is 19.2. The summed E-state index contributed by atoms with van der Waals surface area (Å²) in [6, 6.07) is 28.2. The summed E-state index contributed by atoms with van der Waals surface area (Å²) in [6.45, 7) is 17.5. The lowest BCUT2D eigenvalue weighted by molar-refractivity contribution is -0.259. The lowest BCUT2D eigenvalue weighted by Crippen LogP contribution is -2.57. The second kappa shape index (κ2) is 15.8. The van der Waals surface area contributed by atoms with Crippen LogP contribution in [0, 0.1) is 56.8 Å². The first-order valence-corrected chi connectivity index (χ1v) is 26.4. The minimum atomic E-state index is -0.515. The first kappa shape index (κ1) is 46.4. The molecule has 6 aromatic rings. The van der Waals surface area contributed by atoms with Gasteiger partial charge in [-0.25, -0.2) is 9.80 Å². The molecule has 4 aliphatic carbocycles. The monoisotopic (exact) mass is 976 g/mol. The number of rotatable bonds is 5. The number of aryl methyl sites for hydroxylation is 4. The Hall–Kier alpha value is -6.36. The van der Waals surface area contributed by atoms with E-state index in [2.05, 4.69) is 58.0 Å². The molecule has 4 amide bonds. The van der Waals surface area contributed by atoms with E-state index in [9.17, 15) is 14.4 Å². The summed E-state index contributed by atoms with van der Waals surface area (Å²) in [5.74, 6) is 0.337. The van der Waals surface area contributed by atoms with Crippen molar-refractivity contribution in [3.63, 3.8) is 0 Å². The minimum absolute atomic E-state index is 0.0417. The molecule has 374 valence electrons. The van der Waals surface area contributed by atoms with Crippen LogP contribution < -0.4 is 19.3 Å². The minimum Gasteiger partial charge on any atom is -0.493 e. The number of methoxy groups -OCH3 is 2. The average molecular weight is 977 g/mol. The topological polar surface area (TPSA) is 112 Å². The number of fused-ring (bicyclic) bond motifs is 10. The van der Waals surface area contributed by atoms with E-state index in [0.29, 0.717) is 47.2 Å². The number of hydrogen-bond donors (Lipinski definition) is 0. The highest BCUT2D eigenvalue weighted by molar-refractivity contribution is 6.37. The molecule has 1 spiro atoms. The van der Waals surface area contributed by atoms with Crippen molar-refractivity contribution in [1.82, 2.24) is 0 Å². The fourth-order valence-electron chi connectivity index (χ4n) is 16.1. The van der Waals surface area contributed by atoms with Crippen LogP contribution in [0.1, 0.15) is 120 Å². The molecule has 73 heavy (non-hydrogen) atoms. The summed E-state index contributed by atoms with van der Waals surface area (Å²) in [5, 5.41) is 3.37. The van der Waals surface area contributed by atoms with E-state index in [-0.39, 0.29) is 64.3 Å². The molecule has 0 bridgehead atoms. The number of ether oxygens (including phenoxy) is 4. The van der Waals surface area contributed by atoms with Gasteiger partial charge >= 0.3 is 0 Å². The Morgan fingerprint density at radius 1 is 0.493 bits per heavy atom.